The molecule has 2 aliphatic heterocycles. The Morgan fingerprint density at radius 3 is 2.50 bits per heavy atom. The van der Waals surface area contributed by atoms with Crippen LogP contribution >= 0.6 is 11.6 Å². The highest BCUT2D eigenvalue weighted by molar-refractivity contribution is 6.30. The average molecular weight is 402 g/mol. The van der Waals surface area contributed by atoms with Crippen LogP contribution in [0.25, 0.3) is 0 Å². The first kappa shape index (κ1) is 18.9. The molecule has 0 N–H and O–H groups in total. The van der Waals surface area contributed by atoms with Gasteiger partial charge < -0.3 is 9.80 Å². The lowest BCUT2D eigenvalue weighted by atomic mass is 10.1. The number of anilines is 1. The molecule has 0 spiro atoms. The van der Waals surface area contributed by atoms with Gasteiger partial charge in [0.25, 0.3) is 5.91 Å². The van der Waals surface area contributed by atoms with E-state index in [1.807, 2.05) is 28.0 Å². The molecular formula is C21H21ClFN3O2. The van der Waals surface area contributed by atoms with E-state index in [4.69, 9.17) is 11.6 Å². The maximum Gasteiger partial charge on any atom is 0.256 e. The summed E-state index contributed by atoms with van der Waals surface area (Å²) >= 11 is 5.75. The summed E-state index contributed by atoms with van der Waals surface area (Å²) in [5.74, 6) is -0.870. The van der Waals surface area contributed by atoms with Gasteiger partial charge in [0.2, 0.25) is 5.91 Å². The Morgan fingerprint density at radius 1 is 1.00 bits per heavy atom. The van der Waals surface area contributed by atoms with Gasteiger partial charge in [-0.15, -0.1) is 0 Å². The van der Waals surface area contributed by atoms with Crippen LogP contribution < -0.4 is 4.90 Å². The first-order chi connectivity index (χ1) is 13.5. The topological polar surface area (TPSA) is 43.9 Å². The molecule has 0 atom stereocenters. The molecule has 2 aliphatic rings. The maximum absolute atomic E-state index is 14.0. The van der Waals surface area contributed by atoms with E-state index in [9.17, 15) is 14.0 Å². The number of piperazine rings is 1. The van der Waals surface area contributed by atoms with Crippen LogP contribution in [0.3, 0.4) is 0 Å². The normalized spacial score (nSPS) is 16.9. The first-order valence-electron chi connectivity index (χ1n) is 9.38. The smallest absolute Gasteiger partial charge is 0.256 e. The molecule has 2 aromatic rings. The highest BCUT2D eigenvalue weighted by Gasteiger charge is 2.28. The van der Waals surface area contributed by atoms with Crippen LogP contribution in [0.5, 0.6) is 0 Å². The largest absolute Gasteiger partial charge is 0.336 e. The molecule has 7 heteroatoms. The number of nitrogens with zero attached hydrogens (tertiary/aromatic N) is 3. The molecule has 0 aromatic heterocycles. The van der Waals surface area contributed by atoms with E-state index in [0.29, 0.717) is 39.3 Å². The second kappa shape index (κ2) is 7.89. The van der Waals surface area contributed by atoms with Crippen molar-refractivity contribution in [1.82, 2.24) is 9.80 Å². The van der Waals surface area contributed by atoms with Crippen LogP contribution in [0.15, 0.2) is 42.5 Å². The van der Waals surface area contributed by atoms with E-state index in [2.05, 4.69) is 6.07 Å². The van der Waals surface area contributed by atoms with Gasteiger partial charge in [0.15, 0.2) is 0 Å². The Kier molecular flexibility index (Phi) is 5.33. The standard InChI is InChI=1S/C21H21ClFN3O2/c22-16-5-6-17(18(23)13-16)21(28)25-11-9-24(10-12-25)14-20(27)26-8-7-15-3-1-2-4-19(15)26/h1-6,13H,7-12,14H2. The van der Waals surface area contributed by atoms with Gasteiger partial charge in [-0.2, -0.15) is 0 Å². The predicted molar refractivity (Wildman–Crippen MR) is 106 cm³/mol. The van der Waals surface area contributed by atoms with Gasteiger partial charge in [0, 0.05) is 43.4 Å². The summed E-state index contributed by atoms with van der Waals surface area (Å²) < 4.78 is 14.0. The van der Waals surface area contributed by atoms with Gasteiger partial charge in [-0.3, -0.25) is 14.5 Å². The minimum atomic E-state index is -0.609. The number of rotatable bonds is 3. The maximum atomic E-state index is 14.0. The number of para-hydroxylation sites is 1. The summed E-state index contributed by atoms with van der Waals surface area (Å²) in [4.78, 5) is 30.8. The molecule has 0 saturated carbocycles. The molecule has 1 fully saturated rings. The Hall–Kier alpha value is -2.44. The lowest BCUT2D eigenvalue weighted by molar-refractivity contribution is -0.120. The summed E-state index contributed by atoms with van der Waals surface area (Å²) in [5.41, 5.74) is 2.23. The highest BCUT2D eigenvalue weighted by Crippen LogP contribution is 2.27. The van der Waals surface area contributed by atoms with E-state index >= 15 is 0 Å². The minimum absolute atomic E-state index is 0.0302. The fraction of sp³-hybridized carbons (Fsp3) is 0.333. The fourth-order valence-electron chi connectivity index (χ4n) is 3.82. The number of benzene rings is 2. The average Bonchev–Trinajstić information content (AvgIpc) is 3.12. The second-order valence-electron chi connectivity index (χ2n) is 7.12. The minimum Gasteiger partial charge on any atom is -0.336 e. The lowest BCUT2D eigenvalue weighted by Gasteiger charge is -2.35. The molecule has 2 heterocycles. The van der Waals surface area contributed by atoms with E-state index in [0.717, 1.165) is 18.2 Å². The van der Waals surface area contributed by atoms with Gasteiger partial charge in [-0.1, -0.05) is 29.8 Å². The van der Waals surface area contributed by atoms with Crippen molar-refractivity contribution in [2.24, 2.45) is 0 Å². The number of carbonyl (C=O) groups excluding carboxylic acids is 2. The van der Waals surface area contributed by atoms with Crippen molar-refractivity contribution in [3.05, 3.63) is 64.4 Å². The third-order valence-electron chi connectivity index (χ3n) is 5.37. The highest BCUT2D eigenvalue weighted by atomic mass is 35.5. The van der Waals surface area contributed by atoms with Crippen molar-refractivity contribution in [3.63, 3.8) is 0 Å². The van der Waals surface area contributed by atoms with Gasteiger partial charge in [-0.05, 0) is 36.2 Å². The zero-order chi connectivity index (χ0) is 19.7. The second-order valence-corrected chi connectivity index (χ2v) is 7.55. The zero-order valence-electron chi connectivity index (χ0n) is 15.4. The Bertz CT molecular complexity index is 912. The quantitative estimate of drug-likeness (QED) is 0.794. The molecule has 28 heavy (non-hydrogen) atoms. The molecule has 0 unspecified atom stereocenters. The van der Waals surface area contributed by atoms with Gasteiger partial charge in [-0.25, -0.2) is 4.39 Å². The molecule has 1 saturated heterocycles. The molecule has 0 aliphatic carbocycles. The third-order valence-corrected chi connectivity index (χ3v) is 5.60. The van der Waals surface area contributed by atoms with Crippen molar-refractivity contribution in [3.8, 4) is 0 Å². The summed E-state index contributed by atoms with van der Waals surface area (Å²) in [7, 11) is 0. The lowest BCUT2D eigenvalue weighted by Crippen LogP contribution is -2.51. The van der Waals surface area contributed by atoms with Crippen LogP contribution in [0.2, 0.25) is 5.02 Å². The van der Waals surface area contributed by atoms with Crippen molar-refractivity contribution in [2.75, 3.05) is 44.2 Å². The number of halogens is 2. The van der Waals surface area contributed by atoms with Crippen LogP contribution in [0, 0.1) is 5.82 Å². The molecule has 0 bridgehead atoms. The van der Waals surface area contributed by atoms with Crippen LogP contribution in [0.4, 0.5) is 10.1 Å². The van der Waals surface area contributed by atoms with E-state index in [1.165, 1.54) is 17.7 Å². The van der Waals surface area contributed by atoms with Crippen molar-refractivity contribution in [2.45, 2.75) is 6.42 Å². The predicted octanol–water partition coefficient (Wildman–Crippen LogP) is 2.83. The van der Waals surface area contributed by atoms with Crippen molar-refractivity contribution >= 4 is 29.1 Å². The number of hydrogen-bond donors (Lipinski definition) is 0. The summed E-state index contributed by atoms with van der Waals surface area (Å²) in [6.45, 7) is 3.14. The number of fused-ring (bicyclic) bond motifs is 1. The first-order valence-corrected chi connectivity index (χ1v) is 9.75. The van der Waals surface area contributed by atoms with Crippen LogP contribution in [-0.2, 0) is 11.2 Å². The third kappa shape index (κ3) is 3.75. The number of hydrogen-bond acceptors (Lipinski definition) is 3. The number of carbonyl (C=O) groups is 2. The van der Waals surface area contributed by atoms with Crippen molar-refractivity contribution < 1.29 is 14.0 Å². The van der Waals surface area contributed by atoms with E-state index in [-0.39, 0.29) is 22.4 Å². The van der Waals surface area contributed by atoms with E-state index in [1.54, 1.807) is 4.90 Å². The van der Waals surface area contributed by atoms with E-state index < -0.39 is 5.82 Å². The fourth-order valence-corrected chi connectivity index (χ4v) is 3.98. The Balaban J connectivity index is 1.33. The molecule has 2 aromatic carbocycles. The summed E-state index contributed by atoms with van der Waals surface area (Å²) in [6.07, 6.45) is 0.886. The molecular weight excluding hydrogens is 381 g/mol. The molecule has 4 rings (SSSR count). The molecule has 0 radical (unpaired) electrons. The number of amides is 2. The van der Waals surface area contributed by atoms with Gasteiger partial charge in [0.05, 0.1) is 12.1 Å². The van der Waals surface area contributed by atoms with Crippen LogP contribution in [0.1, 0.15) is 15.9 Å². The Morgan fingerprint density at radius 2 is 1.75 bits per heavy atom. The van der Waals surface area contributed by atoms with Gasteiger partial charge in [0.1, 0.15) is 5.82 Å². The monoisotopic (exact) mass is 401 g/mol. The SMILES string of the molecule is O=C(c1ccc(Cl)cc1F)N1CCN(CC(=O)N2CCc3ccccc32)CC1. The summed E-state index contributed by atoms with van der Waals surface area (Å²) in [6, 6.07) is 12.1. The Labute approximate surface area is 168 Å². The zero-order valence-corrected chi connectivity index (χ0v) is 16.2. The molecule has 146 valence electrons. The van der Waals surface area contributed by atoms with Crippen molar-refractivity contribution in [1.29, 1.82) is 0 Å². The molecule has 5 nitrogen and oxygen atoms in total. The van der Waals surface area contributed by atoms with Crippen LogP contribution in [-0.4, -0.2) is 60.9 Å². The molecule has 2 amide bonds. The summed E-state index contributed by atoms with van der Waals surface area (Å²) in [5, 5.41) is 0.265. The van der Waals surface area contributed by atoms with Gasteiger partial charge >= 0.3 is 0 Å².